The van der Waals surface area contributed by atoms with Gasteiger partial charge in [-0.3, -0.25) is 4.79 Å². The fraction of sp³-hybridized carbons (Fsp3) is 0.562. The van der Waals surface area contributed by atoms with E-state index in [0.29, 0.717) is 0 Å². The van der Waals surface area contributed by atoms with Crippen LogP contribution < -0.4 is 4.74 Å². The molecule has 1 fully saturated rings. The quantitative estimate of drug-likeness (QED) is 0.368. The highest BCUT2D eigenvalue weighted by molar-refractivity contribution is 6.02. The van der Waals surface area contributed by atoms with Crippen LogP contribution in [0.15, 0.2) is 12.1 Å². The highest BCUT2D eigenvalue weighted by atomic mass is 16.7. The molecule has 0 amide bonds. The molecule has 1 aromatic carbocycles. The average Bonchev–Trinajstić information content (AvgIpc) is 2.54. The summed E-state index contributed by atoms with van der Waals surface area (Å²) in [4.78, 5) is 12.3. The average molecular weight is 358 g/mol. The molecule has 0 saturated carbocycles. The first-order valence-corrected chi connectivity index (χ1v) is 7.74. The second kappa shape index (κ2) is 7.54. The van der Waals surface area contributed by atoms with Crippen molar-refractivity contribution in [3.8, 4) is 17.2 Å². The Morgan fingerprint density at radius 3 is 2.36 bits per heavy atom. The molecule has 25 heavy (non-hydrogen) atoms. The standard InChI is InChI=1S/C16H22O9/c1-6(2)12(20)11-8(19)3-7(18)4-9(11)24-16-15(23)14(22)13(21)10(5-17)25-16/h3-4,6,10,13-19,21-23H,5H2,1-2H3. The summed E-state index contributed by atoms with van der Waals surface area (Å²) in [5.41, 5.74) is -0.218. The number of aliphatic hydroxyl groups is 4. The minimum absolute atomic E-state index is 0.218. The van der Waals surface area contributed by atoms with E-state index in [1.165, 1.54) is 0 Å². The van der Waals surface area contributed by atoms with Gasteiger partial charge in [-0.2, -0.15) is 0 Å². The van der Waals surface area contributed by atoms with Gasteiger partial charge in [0.05, 0.1) is 6.61 Å². The molecule has 1 aliphatic rings. The van der Waals surface area contributed by atoms with Gasteiger partial charge in [-0.05, 0) is 0 Å². The van der Waals surface area contributed by atoms with Crippen molar-refractivity contribution in [3.63, 3.8) is 0 Å². The van der Waals surface area contributed by atoms with Crippen LogP contribution in [0.5, 0.6) is 17.2 Å². The van der Waals surface area contributed by atoms with E-state index in [-0.39, 0.29) is 11.3 Å². The van der Waals surface area contributed by atoms with Crippen LogP contribution in [0.4, 0.5) is 0 Å². The van der Waals surface area contributed by atoms with Gasteiger partial charge in [0.15, 0.2) is 5.78 Å². The number of ketones is 1. The van der Waals surface area contributed by atoms with E-state index in [9.17, 15) is 35.4 Å². The number of hydrogen-bond donors (Lipinski definition) is 6. The van der Waals surface area contributed by atoms with Crippen LogP contribution in [0.3, 0.4) is 0 Å². The fourth-order valence-corrected chi connectivity index (χ4v) is 2.51. The molecular formula is C16H22O9. The predicted octanol–water partition coefficient (Wildman–Crippen LogP) is -0.885. The molecule has 9 nitrogen and oxygen atoms in total. The van der Waals surface area contributed by atoms with Crippen LogP contribution in [0.1, 0.15) is 24.2 Å². The van der Waals surface area contributed by atoms with E-state index >= 15 is 0 Å². The fourth-order valence-electron chi connectivity index (χ4n) is 2.51. The van der Waals surface area contributed by atoms with Gasteiger partial charge in [-0.15, -0.1) is 0 Å². The Morgan fingerprint density at radius 1 is 1.16 bits per heavy atom. The molecule has 0 aliphatic carbocycles. The third kappa shape index (κ3) is 3.86. The molecule has 9 heteroatoms. The lowest BCUT2D eigenvalue weighted by Gasteiger charge is -2.39. The van der Waals surface area contributed by atoms with E-state index < -0.39 is 60.5 Å². The Hall–Kier alpha value is -1.91. The summed E-state index contributed by atoms with van der Waals surface area (Å²) < 4.78 is 10.6. The van der Waals surface area contributed by atoms with Crippen molar-refractivity contribution >= 4 is 5.78 Å². The SMILES string of the molecule is CC(C)C(=O)c1c(O)cc(O)cc1OC1OC(CO)C(O)C(O)C1O. The van der Waals surface area contributed by atoms with Crippen LogP contribution in [0.25, 0.3) is 0 Å². The molecule has 1 saturated heterocycles. The molecule has 1 aromatic rings. The molecule has 1 heterocycles. The van der Waals surface area contributed by atoms with Gasteiger partial charge in [0.1, 0.15) is 47.2 Å². The normalized spacial score (nSPS) is 29.6. The Balaban J connectivity index is 2.37. The Labute approximate surface area is 143 Å². The van der Waals surface area contributed by atoms with Crippen LogP contribution in [0.2, 0.25) is 0 Å². The number of benzene rings is 1. The number of aliphatic hydroxyl groups excluding tert-OH is 4. The zero-order valence-corrected chi connectivity index (χ0v) is 13.7. The number of rotatable bonds is 5. The van der Waals surface area contributed by atoms with Gasteiger partial charge < -0.3 is 40.1 Å². The van der Waals surface area contributed by atoms with Crippen molar-refractivity contribution in [2.24, 2.45) is 5.92 Å². The van der Waals surface area contributed by atoms with Crippen molar-refractivity contribution in [3.05, 3.63) is 17.7 Å². The lowest BCUT2D eigenvalue weighted by atomic mass is 9.98. The third-order valence-corrected chi connectivity index (χ3v) is 3.93. The molecule has 5 atom stereocenters. The van der Waals surface area contributed by atoms with Gasteiger partial charge in [-0.25, -0.2) is 0 Å². The van der Waals surface area contributed by atoms with Crippen LogP contribution in [0, 0.1) is 5.92 Å². The van der Waals surface area contributed by atoms with Crippen LogP contribution in [-0.2, 0) is 4.74 Å². The summed E-state index contributed by atoms with van der Waals surface area (Å²) >= 11 is 0. The second-order valence-corrected chi connectivity index (χ2v) is 6.17. The number of phenolic OH excluding ortho intramolecular Hbond substituents is 2. The Kier molecular flexibility index (Phi) is 5.86. The van der Waals surface area contributed by atoms with Crippen LogP contribution >= 0.6 is 0 Å². The van der Waals surface area contributed by atoms with Crippen molar-refractivity contribution in [2.45, 2.75) is 44.6 Å². The molecule has 1 aliphatic heterocycles. The highest BCUT2D eigenvalue weighted by Gasteiger charge is 2.45. The number of ether oxygens (including phenoxy) is 2. The molecular weight excluding hydrogens is 336 g/mol. The molecule has 0 radical (unpaired) electrons. The first kappa shape index (κ1) is 19.4. The molecule has 2 rings (SSSR count). The van der Waals surface area contributed by atoms with Crippen LogP contribution in [-0.4, -0.2) is 73.7 Å². The highest BCUT2D eigenvalue weighted by Crippen LogP contribution is 2.36. The van der Waals surface area contributed by atoms with Gasteiger partial charge in [0.25, 0.3) is 0 Å². The van der Waals surface area contributed by atoms with E-state index in [1.54, 1.807) is 13.8 Å². The number of carbonyl (C=O) groups is 1. The molecule has 5 unspecified atom stereocenters. The Bertz CT molecular complexity index is 628. The zero-order chi connectivity index (χ0) is 18.9. The minimum atomic E-state index is -1.69. The lowest BCUT2D eigenvalue weighted by Crippen LogP contribution is -2.60. The lowest BCUT2D eigenvalue weighted by molar-refractivity contribution is -0.277. The summed E-state index contributed by atoms with van der Waals surface area (Å²) in [6.45, 7) is 2.56. The van der Waals surface area contributed by atoms with Gasteiger partial charge in [-0.1, -0.05) is 13.8 Å². The number of hydrogen-bond acceptors (Lipinski definition) is 9. The molecule has 0 aromatic heterocycles. The first-order valence-electron chi connectivity index (χ1n) is 7.74. The first-order chi connectivity index (χ1) is 11.7. The van der Waals surface area contributed by atoms with Gasteiger partial charge in [0.2, 0.25) is 6.29 Å². The molecule has 0 spiro atoms. The van der Waals surface area contributed by atoms with Crippen molar-refractivity contribution in [1.29, 1.82) is 0 Å². The van der Waals surface area contributed by atoms with Gasteiger partial charge in [0, 0.05) is 18.1 Å². The monoisotopic (exact) mass is 358 g/mol. The zero-order valence-electron chi connectivity index (χ0n) is 13.7. The summed E-state index contributed by atoms with van der Waals surface area (Å²) in [7, 11) is 0. The number of phenols is 2. The predicted molar refractivity (Wildman–Crippen MR) is 83.3 cm³/mol. The molecule has 6 N–H and O–H groups in total. The van der Waals surface area contributed by atoms with E-state index in [4.69, 9.17) is 9.47 Å². The topological polar surface area (TPSA) is 157 Å². The van der Waals surface area contributed by atoms with Gasteiger partial charge >= 0.3 is 0 Å². The number of Topliss-reactive ketones (excluding diaryl/α,β-unsaturated/α-hetero) is 1. The summed E-state index contributed by atoms with van der Waals surface area (Å²) in [5, 5.41) is 58.4. The second-order valence-electron chi connectivity index (χ2n) is 6.17. The summed E-state index contributed by atoms with van der Waals surface area (Å²) in [6.07, 6.45) is -7.65. The maximum Gasteiger partial charge on any atom is 0.229 e. The summed E-state index contributed by atoms with van der Waals surface area (Å²) in [5.74, 6) is -2.14. The molecule has 140 valence electrons. The molecule has 0 bridgehead atoms. The third-order valence-electron chi connectivity index (χ3n) is 3.93. The maximum atomic E-state index is 12.3. The van der Waals surface area contributed by atoms with E-state index in [1.807, 2.05) is 0 Å². The number of carbonyl (C=O) groups excluding carboxylic acids is 1. The Morgan fingerprint density at radius 2 is 1.80 bits per heavy atom. The maximum absolute atomic E-state index is 12.3. The van der Waals surface area contributed by atoms with E-state index in [2.05, 4.69) is 0 Å². The minimum Gasteiger partial charge on any atom is -0.508 e. The largest absolute Gasteiger partial charge is 0.508 e. The smallest absolute Gasteiger partial charge is 0.229 e. The number of aromatic hydroxyl groups is 2. The van der Waals surface area contributed by atoms with Crippen molar-refractivity contribution in [1.82, 2.24) is 0 Å². The van der Waals surface area contributed by atoms with E-state index in [0.717, 1.165) is 12.1 Å². The summed E-state index contributed by atoms with van der Waals surface area (Å²) in [6, 6.07) is 2.02. The van der Waals surface area contributed by atoms with Crippen molar-refractivity contribution < 1.29 is 44.9 Å². The van der Waals surface area contributed by atoms with Crippen molar-refractivity contribution in [2.75, 3.05) is 6.61 Å².